The molecule has 5 nitrogen and oxygen atoms in total. The van der Waals surface area contributed by atoms with Gasteiger partial charge in [0.15, 0.2) is 0 Å². The number of imidazole rings is 1. The van der Waals surface area contributed by atoms with Crippen LogP contribution in [0.3, 0.4) is 0 Å². The zero-order chi connectivity index (χ0) is 15.6. The highest BCUT2D eigenvalue weighted by Crippen LogP contribution is 2.39. The first-order chi connectivity index (χ1) is 11.3. The molecule has 3 aromatic rings. The van der Waals surface area contributed by atoms with Crippen LogP contribution in [0.1, 0.15) is 36.7 Å². The van der Waals surface area contributed by atoms with Gasteiger partial charge >= 0.3 is 0 Å². The van der Waals surface area contributed by atoms with Crippen molar-refractivity contribution in [3.63, 3.8) is 0 Å². The van der Waals surface area contributed by atoms with Crippen molar-refractivity contribution in [3.05, 3.63) is 54.1 Å². The zero-order valence-corrected chi connectivity index (χ0v) is 13.1. The smallest absolute Gasteiger partial charge is 0.227 e. The van der Waals surface area contributed by atoms with E-state index in [0.29, 0.717) is 11.9 Å². The first-order valence-electron chi connectivity index (χ1n) is 8.01. The predicted molar refractivity (Wildman–Crippen MR) is 90.7 cm³/mol. The Morgan fingerprint density at radius 2 is 1.91 bits per heavy atom. The first-order valence-corrected chi connectivity index (χ1v) is 8.01. The van der Waals surface area contributed by atoms with Crippen molar-refractivity contribution in [2.75, 3.05) is 5.32 Å². The standard InChI is InChI=1S/C18H19N5/c1-12-20-16(13-6-5-7-13)17(21-12)15-10-11-19-18(23-15)22-14-8-3-2-4-9-14/h2-4,8-11,13H,5-7H2,1H3,(H,20,21)(H,19,22,23). The molecule has 1 aromatic carbocycles. The Kier molecular flexibility index (Phi) is 3.54. The highest BCUT2D eigenvalue weighted by molar-refractivity contribution is 5.61. The van der Waals surface area contributed by atoms with Gasteiger partial charge in [-0.1, -0.05) is 24.6 Å². The summed E-state index contributed by atoms with van der Waals surface area (Å²) in [6, 6.07) is 11.9. The minimum atomic E-state index is 0.590. The molecule has 0 spiro atoms. The summed E-state index contributed by atoms with van der Waals surface area (Å²) in [7, 11) is 0. The van der Waals surface area contributed by atoms with Gasteiger partial charge in [0.25, 0.3) is 0 Å². The third kappa shape index (κ3) is 2.82. The van der Waals surface area contributed by atoms with E-state index in [0.717, 1.165) is 22.9 Å². The highest BCUT2D eigenvalue weighted by atomic mass is 15.1. The average molecular weight is 305 g/mol. The van der Waals surface area contributed by atoms with Crippen LogP contribution in [0, 0.1) is 6.92 Å². The number of anilines is 2. The molecule has 5 heteroatoms. The van der Waals surface area contributed by atoms with Crippen molar-refractivity contribution in [3.8, 4) is 11.4 Å². The van der Waals surface area contributed by atoms with Crippen LogP contribution in [0.15, 0.2) is 42.6 Å². The van der Waals surface area contributed by atoms with Crippen molar-refractivity contribution >= 4 is 11.6 Å². The average Bonchev–Trinajstić information content (AvgIpc) is 2.88. The molecule has 0 unspecified atom stereocenters. The Morgan fingerprint density at radius 1 is 1.09 bits per heavy atom. The molecule has 0 bridgehead atoms. The minimum Gasteiger partial charge on any atom is -0.345 e. The fraction of sp³-hybridized carbons (Fsp3) is 0.278. The molecule has 116 valence electrons. The van der Waals surface area contributed by atoms with E-state index in [1.54, 1.807) is 6.20 Å². The number of nitrogens with one attached hydrogen (secondary N) is 2. The lowest BCUT2D eigenvalue weighted by atomic mass is 9.82. The number of para-hydroxylation sites is 1. The second-order valence-corrected chi connectivity index (χ2v) is 5.97. The van der Waals surface area contributed by atoms with E-state index in [1.807, 2.05) is 43.3 Å². The number of benzene rings is 1. The molecule has 0 radical (unpaired) electrons. The van der Waals surface area contributed by atoms with E-state index in [4.69, 9.17) is 0 Å². The normalized spacial score (nSPS) is 14.5. The van der Waals surface area contributed by atoms with Crippen LogP contribution in [0.25, 0.3) is 11.4 Å². The van der Waals surface area contributed by atoms with Crippen LogP contribution >= 0.6 is 0 Å². The van der Waals surface area contributed by atoms with E-state index in [2.05, 4.69) is 25.3 Å². The molecule has 0 amide bonds. The fourth-order valence-electron chi connectivity index (χ4n) is 2.90. The molecule has 1 aliphatic carbocycles. The van der Waals surface area contributed by atoms with Crippen molar-refractivity contribution in [2.24, 2.45) is 0 Å². The Labute approximate surface area is 135 Å². The maximum Gasteiger partial charge on any atom is 0.227 e. The van der Waals surface area contributed by atoms with Crippen LogP contribution in [-0.2, 0) is 0 Å². The third-order valence-corrected chi connectivity index (χ3v) is 4.29. The molecule has 4 rings (SSSR count). The molecule has 2 heterocycles. The van der Waals surface area contributed by atoms with E-state index < -0.39 is 0 Å². The third-order valence-electron chi connectivity index (χ3n) is 4.29. The Balaban J connectivity index is 1.66. The number of aromatic amines is 1. The molecule has 1 fully saturated rings. The molecule has 0 atom stereocenters. The number of hydrogen-bond donors (Lipinski definition) is 2. The molecule has 2 N–H and O–H groups in total. The van der Waals surface area contributed by atoms with Gasteiger partial charge < -0.3 is 10.3 Å². The van der Waals surface area contributed by atoms with Gasteiger partial charge in [-0.2, -0.15) is 0 Å². The summed E-state index contributed by atoms with van der Waals surface area (Å²) in [6.07, 6.45) is 5.54. The summed E-state index contributed by atoms with van der Waals surface area (Å²) in [5.41, 5.74) is 4.02. The summed E-state index contributed by atoms with van der Waals surface area (Å²) >= 11 is 0. The van der Waals surface area contributed by atoms with E-state index in [-0.39, 0.29) is 0 Å². The monoisotopic (exact) mass is 305 g/mol. The summed E-state index contributed by atoms with van der Waals surface area (Å²) in [4.78, 5) is 17.0. The molecule has 1 aliphatic rings. The lowest BCUT2D eigenvalue weighted by molar-refractivity contribution is 0.413. The number of aryl methyl sites for hydroxylation is 1. The van der Waals surface area contributed by atoms with Crippen molar-refractivity contribution in [1.82, 2.24) is 19.9 Å². The quantitative estimate of drug-likeness (QED) is 0.758. The number of rotatable bonds is 4. The van der Waals surface area contributed by atoms with Crippen LogP contribution in [0.5, 0.6) is 0 Å². The van der Waals surface area contributed by atoms with Crippen molar-refractivity contribution in [1.29, 1.82) is 0 Å². The summed E-state index contributed by atoms with van der Waals surface area (Å²) in [6.45, 7) is 2.00. The number of aromatic nitrogens is 4. The molecule has 0 saturated heterocycles. The fourth-order valence-corrected chi connectivity index (χ4v) is 2.90. The molecular formula is C18H19N5. The van der Waals surface area contributed by atoms with E-state index in [9.17, 15) is 0 Å². The van der Waals surface area contributed by atoms with Crippen LogP contribution in [0.4, 0.5) is 11.6 Å². The van der Waals surface area contributed by atoms with E-state index in [1.165, 1.54) is 25.0 Å². The van der Waals surface area contributed by atoms with Crippen LogP contribution in [0.2, 0.25) is 0 Å². The van der Waals surface area contributed by atoms with E-state index >= 15 is 0 Å². The lowest BCUT2D eigenvalue weighted by Gasteiger charge is -2.25. The zero-order valence-electron chi connectivity index (χ0n) is 13.1. The minimum absolute atomic E-state index is 0.590. The van der Waals surface area contributed by atoms with Gasteiger partial charge in [0, 0.05) is 23.5 Å². The Bertz CT molecular complexity index is 805. The molecule has 2 aromatic heterocycles. The van der Waals surface area contributed by atoms with Gasteiger partial charge in [-0.25, -0.2) is 15.0 Å². The Morgan fingerprint density at radius 3 is 2.65 bits per heavy atom. The number of H-pyrrole nitrogens is 1. The van der Waals surface area contributed by atoms with Crippen LogP contribution in [-0.4, -0.2) is 19.9 Å². The van der Waals surface area contributed by atoms with Gasteiger partial charge in [0.05, 0.1) is 5.69 Å². The topological polar surface area (TPSA) is 66.5 Å². The van der Waals surface area contributed by atoms with Gasteiger partial charge in [0.2, 0.25) is 5.95 Å². The van der Waals surface area contributed by atoms with Crippen molar-refractivity contribution < 1.29 is 0 Å². The van der Waals surface area contributed by atoms with Gasteiger partial charge in [-0.3, -0.25) is 0 Å². The molecule has 0 aliphatic heterocycles. The predicted octanol–water partition coefficient (Wildman–Crippen LogP) is 4.19. The van der Waals surface area contributed by atoms with Gasteiger partial charge in [-0.15, -0.1) is 0 Å². The molecule has 23 heavy (non-hydrogen) atoms. The summed E-state index contributed by atoms with van der Waals surface area (Å²) < 4.78 is 0. The molecule has 1 saturated carbocycles. The highest BCUT2D eigenvalue weighted by Gasteiger charge is 2.26. The molecular weight excluding hydrogens is 286 g/mol. The number of nitrogens with zero attached hydrogens (tertiary/aromatic N) is 3. The lowest BCUT2D eigenvalue weighted by Crippen LogP contribution is -2.10. The van der Waals surface area contributed by atoms with Gasteiger partial charge in [-0.05, 0) is 38.0 Å². The largest absolute Gasteiger partial charge is 0.345 e. The summed E-state index contributed by atoms with van der Waals surface area (Å²) in [5, 5.41) is 3.24. The second kappa shape index (κ2) is 5.83. The Hall–Kier alpha value is -2.69. The second-order valence-electron chi connectivity index (χ2n) is 5.97. The van der Waals surface area contributed by atoms with Crippen molar-refractivity contribution in [2.45, 2.75) is 32.1 Å². The van der Waals surface area contributed by atoms with Gasteiger partial charge in [0.1, 0.15) is 11.5 Å². The van der Waals surface area contributed by atoms with Crippen LogP contribution < -0.4 is 5.32 Å². The first kappa shape index (κ1) is 13.9. The SMILES string of the molecule is Cc1nc(-c2ccnc(Nc3ccccc3)n2)c(C2CCC2)[nH]1. The number of hydrogen-bond acceptors (Lipinski definition) is 4. The summed E-state index contributed by atoms with van der Waals surface area (Å²) in [5.74, 6) is 2.12. The maximum absolute atomic E-state index is 4.66. The maximum atomic E-state index is 4.66.